The zero-order chi connectivity index (χ0) is 10.1. The van der Waals surface area contributed by atoms with E-state index in [1.165, 1.54) is 11.3 Å². The normalized spacial score (nSPS) is 10.6. The molecule has 1 N–H and O–H groups in total. The Balaban J connectivity index is 2.89. The summed E-state index contributed by atoms with van der Waals surface area (Å²) < 4.78 is 0.891. The number of aldehydes is 1. The Bertz CT molecular complexity index is 490. The van der Waals surface area contributed by atoms with Gasteiger partial charge in [0.15, 0.2) is 11.3 Å². The number of benzene rings is 1. The predicted molar refractivity (Wildman–Crippen MR) is 58.4 cm³/mol. The molecule has 0 unspecified atom stereocenters. The van der Waals surface area contributed by atoms with Crippen LogP contribution in [0.2, 0.25) is 0 Å². The lowest BCUT2D eigenvalue weighted by Crippen LogP contribution is -1.83. The lowest BCUT2D eigenvalue weighted by atomic mass is 10.1. The van der Waals surface area contributed by atoms with Crippen molar-refractivity contribution in [2.24, 2.45) is 0 Å². The summed E-state index contributed by atoms with van der Waals surface area (Å²) in [6, 6.07) is 5.59. The van der Waals surface area contributed by atoms with Crippen molar-refractivity contribution in [3.05, 3.63) is 29.3 Å². The largest absolute Gasteiger partial charge is 0.499 e. The second-order valence-electron chi connectivity index (χ2n) is 2.86. The minimum atomic E-state index is 0.0626. The van der Waals surface area contributed by atoms with Crippen LogP contribution in [0.1, 0.15) is 15.9 Å². The fraction of sp³-hybridized carbons (Fsp3) is 0.100. The number of carbonyl (C=O) groups excluding carboxylic acids is 1. The second-order valence-corrected chi connectivity index (χ2v) is 4.16. The van der Waals surface area contributed by atoms with E-state index >= 15 is 0 Å². The standard InChI is InChI=1S/C10H7ClO2S/c11-4-6-2-1-3-8-9(6)7(5-12)10(13)14-8/h1-3,5,13H,4H2. The highest BCUT2D eigenvalue weighted by atomic mass is 35.5. The lowest BCUT2D eigenvalue weighted by molar-refractivity contribution is 0.112. The number of hydrogen-bond acceptors (Lipinski definition) is 3. The van der Waals surface area contributed by atoms with Gasteiger partial charge < -0.3 is 5.11 Å². The van der Waals surface area contributed by atoms with Gasteiger partial charge in [-0.1, -0.05) is 23.5 Å². The average Bonchev–Trinajstić information content (AvgIpc) is 2.52. The molecule has 0 saturated carbocycles. The SMILES string of the molecule is O=Cc1c(O)sc2cccc(CCl)c12. The van der Waals surface area contributed by atoms with E-state index in [-0.39, 0.29) is 5.06 Å². The van der Waals surface area contributed by atoms with Crippen molar-refractivity contribution in [3.63, 3.8) is 0 Å². The van der Waals surface area contributed by atoms with Crippen molar-refractivity contribution in [3.8, 4) is 5.06 Å². The Morgan fingerprint density at radius 1 is 1.50 bits per heavy atom. The van der Waals surface area contributed by atoms with Crippen LogP contribution in [-0.4, -0.2) is 11.4 Å². The summed E-state index contributed by atoms with van der Waals surface area (Å²) in [5.74, 6) is 0.342. The molecule has 2 rings (SSSR count). The Labute approximate surface area is 89.7 Å². The van der Waals surface area contributed by atoms with E-state index in [4.69, 9.17) is 11.6 Å². The molecule has 2 nitrogen and oxygen atoms in total. The summed E-state index contributed by atoms with van der Waals surface area (Å²) in [7, 11) is 0. The van der Waals surface area contributed by atoms with Gasteiger partial charge in [0.1, 0.15) is 0 Å². The van der Waals surface area contributed by atoms with Gasteiger partial charge in [0, 0.05) is 16.0 Å². The Hall–Kier alpha value is -1.06. The minimum Gasteiger partial charge on any atom is -0.499 e. The van der Waals surface area contributed by atoms with Gasteiger partial charge in [0.2, 0.25) is 0 Å². The highest BCUT2D eigenvalue weighted by molar-refractivity contribution is 7.21. The van der Waals surface area contributed by atoms with Crippen molar-refractivity contribution in [2.75, 3.05) is 0 Å². The van der Waals surface area contributed by atoms with E-state index in [2.05, 4.69) is 0 Å². The van der Waals surface area contributed by atoms with Crippen molar-refractivity contribution in [1.29, 1.82) is 0 Å². The maximum Gasteiger partial charge on any atom is 0.183 e. The highest BCUT2D eigenvalue weighted by Crippen LogP contribution is 2.37. The fourth-order valence-corrected chi connectivity index (χ4v) is 2.63. The van der Waals surface area contributed by atoms with Gasteiger partial charge in [-0.05, 0) is 11.6 Å². The van der Waals surface area contributed by atoms with Gasteiger partial charge in [0.25, 0.3) is 0 Å². The summed E-state index contributed by atoms with van der Waals surface area (Å²) in [5, 5.41) is 10.3. The number of alkyl halides is 1. The molecule has 0 radical (unpaired) electrons. The maximum atomic E-state index is 10.8. The number of aromatic hydroxyl groups is 1. The van der Waals surface area contributed by atoms with E-state index in [0.717, 1.165) is 15.6 Å². The molecule has 0 aliphatic rings. The molecule has 1 aromatic carbocycles. The highest BCUT2D eigenvalue weighted by Gasteiger charge is 2.13. The van der Waals surface area contributed by atoms with Gasteiger partial charge in [-0.15, -0.1) is 11.6 Å². The molecule has 0 aliphatic heterocycles. The fourth-order valence-electron chi connectivity index (χ4n) is 1.45. The molecule has 0 aliphatic carbocycles. The summed E-state index contributed by atoms with van der Waals surface area (Å²) in [6.07, 6.45) is 0.671. The van der Waals surface area contributed by atoms with Crippen LogP contribution in [0.4, 0.5) is 0 Å². The smallest absolute Gasteiger partial charge is 0.183 e. The number of carbonyl (C=O) groups is 1. The van der Waals surface area contributed by atoms with Gasteiger partial charge in [0.05, 0.1) is 5.56 Å². The van der Waals surface area contributed by atoms with Crippen molar-refractivity contribution in [2.45, 2.75) is 5.88 Å². The topological polar surface area (TPSA) is 37.3 Å². The number of hydrogen-bond donors (Lipinski definition) is 1. The number of fused-ring (bicyclic) bond motifs is 1. The van der Waals surface area contributed by atoms with E-state index in [1.54, 1.807) is 0 Å². The third kappa shape index (κ3) is 1.29. The molecule has 0 saturated heterocycles. The first-order chi connectivity index (χ1) is 6.77. The van der Waals surface area contributed by atoms with Gasteiger partial charge in [-0.2, -0.15) is 0 Å². The van der Waals surface area contributed by atoms with Crippen LogP contribution in [0, 0.1) is 0 Å². The quantitative estimate of drug-likeness (QED) is 0.631. The molecule has 2 aromatic rings. The third-order valence-corrected chi connectivity index (χ3v) is 3.34. The van der Waals surface area contributed by atoms with Crippen LogP contribution in [0.3, 0.4) is 0 Å². The Morgan fingerprint density at radius 2 is 2.29 bits per heavy atom. The van der Waals surface area contributed by atoms with Crippen LogP contribution >= 0.6 is 22.9 Å². The van der Waals surface area contributed by atoms with Crippen LogP contribution in [-0.2, 0) is 5.88 Å². The minimum absolute atomic E-state index is 0.0626. The molecule has 72 valence electrons. The van der Waals surface area contributed by atoms with Gasteiger partial charge in [-0.25, -0.2) is 0 Å². The average molecular weight is 227 g/mol. The van der Waals surface area contributed by atoms with E-state index in [1.807, 2.05) is 18.2 Å². The van der Waals surface area contributed by atoms with Gasteiger partial charge >= 0.3 is 0 Å². The molecule has 0 spiro atoms. The number of rotatable bonds is 2. The first-order valence-corrected chi connectivity index (χ1v) is 5.37. The third-order valence-electron chi connectivity index (χ3n) is 2.08. The van der Waals surface area contributed by atoms with Crippen LogP contribution in [0.5, 0.6) is 5.06 Å². The summed E-state index contributed by atoms with van der Waals surface area (Å²) >= 11 is 6.95. The van der Waals surface area contributed by atoms with Crippen LogP contribution < -0.4 is 0 Å². The molecule has 1 heterocycles. The van der Waals surface area contributed by atoms with E-state index < -0.39 is 0 Å². The zero-order valence-electron chi connectivity index (χ0n) is 7.16. The van der Waals surface area contributed by atoms with Gasteiger partial charge in [-0.3, -0.25) is 4.79 Å². The molecule has 0 amide bonds. The van der Waals surface area contributed by atoms with Crippen molar-refractivity contribution < 1.29 is 9.90 Å². The molecule has 0 atom stereocenters. The second kappa shape index (κ2) is 3.59. The van der Waals surface area contributed by atoms with Crippen LogP contribution in [0.15, 0.2) is 18.2 Å². The Kier molecular flexibility index (Phi) is 2.44. The molecule has 0 bridgehead atoms. The number of thiophene rings is 1. The molecule has 0 fully saturated rings. The molecule has 1 aromatic heterocycles. The predicted octanol–water partition coefficient (Wildman–Crippen LogP) is 3.16. The van der Waals surface area contributed by atoms with E-state index in [0.29, 0.717) is 17.7 Å². The zero-order valence-corrected chi connectivity index (χ0v) is 8.73. The first-order valence-electron chi connectivity index (χ1n) is 4.02. The van der Waals surface area contributed by atoms with Crippen LogP contribution in [0.25, 0.3) is 10.1 Å². The van der Waals surface area contributed by atoms with Crippen molar-refractivity contribution in [1.82, 2.24) is 0 Å². The Morgan fingerprint density at radius 3 is 2.93 bits per heavy atom. The van der Waals surface area contributed by atoms with Crippen molar-refractivity contribution >= 4 is 39.3 Å². The first kappa shape index (κ1) is 9.49. The summed E-state index contributed by atoms with van der Waals surface area (Å²) in [6.45, 7) is 0. The van der Waals surface area contributed by atoms with E-state index in [9.17, 15) is 9.90 Å². The summed E-state index contributed by atoms with van der Waals surface area (Å²) in [4.78, 5) is 10.8. The molecular formula is C10H7ClO2S. The molecule has 14 heavy (non-hydrogen) atoms. The monoisotopic (exact) mass is 226 g/mol. The molecule has 4 heteroatoms. The maximum absolute atomic E-state index is 10.8. The lowest BCUT2D eigenvalue weighted by Gasteiger charge is -1.97. The number of halogens is 1. The summed E-state index contributed by atoms with van der Waals surface area (Å²) in [5.41, 5.74) is 1.23. The molecular weight excluding hydrogens is 220 g/mol.